The quantitative estimate of drug-likeness (QED) is 0.598. The van der Waals surface area contributed by atoms with Crippen LogP contribution in [0, 0.1) is 0 Å². The van der Waals surface area contributed by atoms with E-state index in [0.717, 1.165) is 5.22 Å². The number of aromatic nitrogens is 1. The van der Waals surface area contributed by atoms with E-state index >= 15 is 0 Å². The van der Waals surface area contributed by atoms with Gasteiger partial charge >= 0.3 is 0 Å². The Morgan fingerprint density at radius 2 is 2.62 bits per heavy atom. The number of nitrogens with zero attached hydrogens (tertiary/aromatic N) is 1. The Balaban J connectivity index is 2.50. The second-order valence-electron chi connectivity index (χ2n) is 1.05. The Labute approximate surface area is 55.5 Å². The van der Waals surface area contributed by atoms with Crippen LogP contribution in [0.25, 0.3) is 0 Å². The van der Waals surface area contributed by atoms with E-state index in [2.05, 4.69) is 4.98 Å². The Bertz CT molecular complexity index is 140. The van der Waals surface area contributed by atoms with Gasteiger partial charge in [-0.15, -0.1) is 0 Å². The third kappa shape index (κ3) is 1.45. The van der Waals surface area contributed by atoms with Gasteiger partial charge in [-0.3, -0.25) is 0 Å². The number of rotatable bonds is 2. The minimum absolute atomic E-state index is 0.720. The van der Waals surface area contributed by atoms with Gasteiger partial charge in [0.15, 0.2) is 0 Å². The molecule has 4 heteroatoms. The molecule has 0 saturated carbocycles. The summed E-state index contributed by atoms with van der Waals surface area (Å²) in [5.74, 6) is 0. The van der Waals surface area contributed by atoms with Crippen molar-refractivity contribution in [2.45, 2.75) is 5.22 Å². The summed E-state index contributed by atoms with van der Waals surface area (Å²) in [6.07, 6.45) is 5.19. The Morgan fingerprint density at radius 1 is 1.75 bits per heavy atom. The molecule has 2 nitrogen and oxygen atoms in total. The van der Waals surface area contributed by atoms with Crippen molar-refractivity contribution in [3.63, 3.8) is 0 Å². The van der Waals surface area contributed by atoms with Gasteiger partial charge in [0.1, 0.15) is 6.26 Å². The van der Waals surface area contributed by atoms with Crippen molar-refractivity contribution in [2.75, 3.05) is 6.26 Å². The predicted molar refractivity (Wildman–Crippen MR) is 35.9 cm³/mol. The highest BCUT2D eigenvalue weighted by molar-refractivity contribution is 8.76. The van der Waals surface area contributed by atoms with E-state index < -0.39 is 0 Å². The second kappa shape index (κ2) is 3.04. The molecule has 0 aliphatic rings. The molecule has 0 saturated heterocycles. The molecule has 0 aliphatic carbocycles. The summed E-state index contributed by atoms with van der Waals surface area (Å²) in [4.78, 5) is 3.88. The highest BCUT2D eigenvalue weighted by Crippen LogP contribution is 2.25. The second-order valence-corrected chi connectivity index (χ2v) is 3.40. The Kier molecular flexibility index (Phi) is 2.29. The van der Waals surface area contributed by atoms with E-state index in [9.17, 15) is 0 Å². The predicted octanol–water partition coefficient (Wildman–Crippen LogP) is 2.04. The highest BCUT2D eigenvalue weighted by atomic mass is 33.1. The van der Waals surface area contributed by atoms with E-state index in [1.165, 1.54) is 10.8 Å². The summed E-state index contributed by atoms with van der Waals surface area (Å²) in [7, 11) is 3.14. The lowest BCUT2D eigenvalue weighted by molar-refractivity contribution is 0.456. The molecule has 0 unspecified atom stereocenters. The summed E-state index contributed by atoms with van der Waals surface area (Å²) in [5, 5.41) is 0.720. The Morgan fingerprint density at radius 3 is 3.12 bits per heavy atom. The number of hydrogen-bond donors (Lipinski definition) is 0. The molecule has 8 heavy (non-hydrogen) atoms. The summed E-state index contributed by atoms with van der Waals surface area (Å²) < 4.78 is 4.90. The van der Waals surface area contributed by atoms with E-state index in [1.807, 2.05) is 6.26 Å². The average Bonchev–Trinajstić information content (AvgIpc) is 2.19. The summed E-state index contributed by atoms with van der Waals surface area (Å²) in [6.45, 7) is 0. The lowest BCUT2D eigenvalue weighted by Gasteiger charge is -1.82. The third-order valence-corrected chi connectivity index (χ3v) is 2.00. The molecule has 0 atom stereocenters. The van der Waals surface area contributed by atoms with Crippen LogP contribution in [0.15, 0.2) is 22.1 Å². The van der Waals surface area contributed by atoms with Crippen molar-refractivity contribution in [3.05, 3.63) is 12.5 Å². The summed E-state index contributed by atoms with van der Waals surface area (Å²) in [6, 6.07) is 0. The summed E-state index contributed by atoms with van der Waals surface area (Å²) >= 11 is 0. The van der Waals surface area contributed by atoms with E-state index in [1.54, 1.807) is 23.3 Å². The minimum atomic E-state index is 0.720. The number of oxazole rings is 1. The zero-order chi connectivity index (χ0) is 5.82. The zero-order valence-electron chi connectivity index (χ0n) is 4.33. The van der Waals surface area contributed by atoms with Gasteiger partial charge in [0.25, 0.3) is 5.22 Å². The first-order valence-corrected chi connectivity index (χ1v) is 4.59. The molecule has 1 aromatic heterocycles. The molecule has 0 radical (unpaired) electrons. The van der Waals surface area contributed by atoms with Gasteiger partial charge < -0.3 is 4.42 Å². The van der Waals surface area contributed by atoms with Gasteiger partial charge in [-0.05, 0) is 6.26 Å². The van der Waals surface area contributed by atoms with Gasteiger partial charge in [-0.25, -0.2) is 4.98 Å². The minimum Gasteiger partial charge on any atom is -0.439 e. The fraction of sp³-hybridized carbons (Fsp3) is 0.250. The van der Waals surface area contributed by atoms with Crippen LogP contribution in [-0.4, -0.2) is 11.2 Å². The first-order valence-electron chi connectivity index (χ1n) is 2.03. The Hall–Kier alpha value is -0.0900. The van der Waals surface area contributed by atoms with E-state index in [4.69, 9.17) is 4.42 Å². The molecule has 44 valence electrons. The molecule has 0 spiro atoms. The van der Waals surface area contributed by atoms with Crippen LogP contribution in [0.5, 0.6) is 0 Å². The maximum Gasteiger partial charge on any atom is 0.266 e. The lowest BCUT2D eigenvalue weighted by atomic mass is 11.0. The summed E-state index contributed by atoms with van der Waals surface area (Å²) in [5.41, 5.74) is 0. The fourth-order valence-corrected chi connectivity index (χ4v) is 1.34. The molecule has 0 aromatic carbocycles. The van der Waals surface area contributed by atoms with Gasteiger partial charge in [0.05, 0.1) is 6.20 Å². The van der Waals surface area contributed by atoms with Gasteiger partial charge in [-0.1, -0.05) is 10.8 Å². The molecule has 0 amide bonds. The van der Waals surface area contributed by atoms with Crippen molar-refractivity contribution in [1.29, 1.82) is 0 Å². The van der Waals surface area contributed by atoms with Crippen LogP contribution in [0.2, 0.25) is 0 Å². The molecular weight excluding hydrogens is 142 g/mol. The molecule has 0 fully saturated rings. The molecule has 0 aliphatic heterocycles. The van der Waals surface area contributed by atoms with Crippen LogP contribution in [0.3, 0.4) is 0 Å². The van der Waals surface area contributed by atoms with Crippen molar-refractivity contribution < 1.29 is 4.42 Å². The molecule has 1 aromatic rings. The van der Waals surface area contributed by atoms with Crippen LogP contribution in [-0.2, 0) is 0 Å². The van der Waals surface area contributed by atoms with Gasteiger partial charge in [0, 0.05) is 10.8 Å². The number of hydrogen-bond acceptors (Lipinski definition) is 4. The van der Waals surface area contributed by atoms with Crippen molar-refractivity contribution in [2.24, 2.45) is 0 Å². The smallest absolute Gasteiger partial charge is 0.266 e. The van der Waals surface area contributed by atoms with Crippen LogP contribution in [0.1, 0.15) is 0 Å². The SMILES string of the molecule is CSSc1ncco1. The van der Waals surface area contributed by atoms with Crippen LogP contribution < -0.4 is 0 Å². The van der Waals surface area contributed by atoms with Gasteiger partial charge in [0.2, 0.25) is 0 Å². The molecular formula is C4H5NOS2. The standard InChI is InChI=1S/C4H5NOS2/c1-7-8-4-5-2-3-6-4/h2-3H,1H3. The van der Waals surface area contributed by atoms with E-state index in [0.29, 0.717) is 0 Å². The largest absolute Gasteiger partial charge is 0.439 e. The maximum absolute atomic E-state index is 4.90. The highest BCUT2D eigenvalue weighted by Gasteiger charge is 1.92. The first-order chi connectivity index (χ1) is 3.93. The topological polar surface area (TPSA) is 26.0 Å². The maximum atomic E-state index is 4.90. The zero-order valence-corrected chi connectivity index (χ0v) is 5.96. The monoisotopic (exact) mass is 147 g/mol. The molecule has 1 heterocycles. The van der Waals surface area contributed by atoms with E-state index in [-0.39, 0.29) is 0 Å². The lowest BCUT2D eigenvalue weighted by Crippen LogP contribution is -1.59. The molecule has 1 rings (SSSR count). The van der Waals surface area contributed by atoms with Crippen LogP contribution >= 0.6 is 21.6 Å². The van der Waals surface area contributed by atoms with Gasteiger partial charge in [-0.2, -0.15) is 0 Å². The van der Waals surface area contributed by atoms with Crippen molar-refractivity contribution in [1.82, 2.24) is 4.98 Å². The van der Waals surface area contributed by atoms with Crippen molar-refractivity contribution in [3.8, 4) is 0 Å². The van der Waals surface area contributed by atoms with Crippen molar-refractivity contribution >= 4 is 21.6 Å². The first kappa shape index (κ1) is 6.04. The molecule has 0 bridgehead atoms. The average molecular weight is 147 g/mol. The third-order valence-electron chi connectivity index (χ3n) is 0.564. The van der Waals surface area contributed by atoms with Crippen LogP contribution in [0.4, 0.5) is 0 Å². The molecule has 0 N–H and O–H groups in total. The fourth-order valence-electron chi connectivity index (χ4n) is 0.323. The normalized spacial score (nSPS) is 9.62.